The molecule has 0 amide bonds. The molecule has 0 bridgehead atoms. The summed E-state index contributed by atoms with van der Waals surface area (Å²) in [4.78, 5) is 6.17. The van der Waals surface area contributed by atoms with Crippen molar-refractivity contribution in [3.05, 3.63) is 40.6 Å². The maximum atomic E-state index is 11.7. The molecule has 1 heterocycles. The largest absolute Gasteiger partial charge is 0.508 e. The first kappa shape index (κ1) is 13.1. The Hall–Kier alpha value is -1.38. The molecule has 0 atom stereocenters. The third-order valence-electron chi connectivity index (χ3n) is 2.23. The zero-order valence-electron chi connectivity index (χ0n) is 9.09. The fourth-order valence-electron chi connectivity index (χ4n) is 1.33. The minimum absolute atomic E-state index is 0.0118. The summed E-state index contributed by atoms with van der Waals surface area (Å²) in [5.74, 6) is 0.0199. The standard InChI is InChI=1S/C10H10BrN3O3S/c11-8-2-1-7(9(15)5-8)6-14-18(16,17)10-12-3-4-13-10/h1-5,14-15H,6H2,(H,12,13). The Labute approximate surface area is 112 Å². The van der Waals surface area contributed by atoms with Gasteiger partial charge in [0.05, 0.1) is 0 Å². The van der Waals surface area contributed by atoms with E-state index in [4.69, 9.17) is 0 Å². The van der Waals surface area contributed by atoms with Crippen LogP contribution >= 0.6 is 15.9 Å². The van der Waals surface area contributed by atoms with Crippen LogP contribution in [0.2, 0.25) is 0 Å². The summed E-state index contributed by atoms with van der Waals surface area (Å²) in [6.07, 6.45) is 2.78. The van der Waals surface area contributed by atoms with Gasteiger partial charge in [0.15, 0.2) is 0 Å². The molecule has 18 heavy (non-hydrogen) atoms. The summed E-state index contributed by atoms with van der Waals surface area (Å²) in [5, 5.41) is 9.48. The van der Waals surface area contributed by atoms with E-state index < -0.39 is 10.0 Å². The summed E-state index contributed by atoms with van der Waals surface area (Å²) >= 11 is 3.20. The van der Waals surface area contributed by atoms with Crippen LogP contribution in [0.25, 0.3) is 0 Å². The van der Waals surface area contributed by atoms with Gasteiger partial charge >= 0.3 is 0 Å². The molecule has 1 aromatic carbocycles. The number of rotatable bonds is 4. The van der Waals surface area contributed by atoms with Crippen LogP contribution in [0, 0.1) is 0 Å². The number of sulfonamides is 1. The van der Waals surface area contributed by atoms with Gasteiger partial charge < -0.3 is 10.1 Å². The topological polar surface area (TPSA) is 95.1 Å². The Morgan fingerprint density at radius 2 is 2.22 bits per heavy atom. The lowest BCUT2D eigenvalue weighted by atomic mass is 10.2. The highest BCUT2D eigenvalue weighted by Gasteiger charge is 2.16. The summed E-state index contributed by atoms with van der Waals surface area (Å²) in [6.45, 7) is -0.0118. The number of aromatic amines is 1. The third-order valence-corrected chi connectivity index (χ3v) is 3.98. The fourth-order valence-corrected chi connectivity index (χ4v) is 2.58. The van der Waals surface area contributed by atoms with Crippen molar-refractivity contribution in [2.45, 2.75) is 11.7 Å². The SMILES string of the molecule is O=S(=O)(NCc1ccc(Br)cc1O)c1ncc[nH]1. The number of phenolic OH excluding ortho intramolecular Hbond substituents is 1. The number of aromatic hydroxyl groups is 1. The fraction of sp³-hybridized carbons (Fsp3) is 0.100. The normalized spacial score (nSPS) is 11.6. The molecule has 2 aromatic rings. The molecular weight excluding hydrogens is 322 g/mol. The van der Waals surface area contributed by atoms with E-state index in [0.717, 1.165) is 4.47 Å². The number of phenols is 1. The molecule has 0 saturated carbocycles. The minimum Gasteiger partial charge on any atom is -0.508 e. The van der Waals surface area contributed by atoms with E-state index in [1.165, 1.54) is 18.5 Å². The van der Waals surface area contributed by atoms with Crippen LogP contribution in [0.3, 0.4) is 0 Å². The van der Waals surface area contributed by atoms with Crippen LogP contribution in [0.1, 0.15) is 5.56 Å². The predicted octanol–water partition coefficient (Wildman–Crippen LogP) is 1.36. The Balaban J connectivity index is 2.13. The average Bonchev–Trinajstić information content (AvgIpc) is 2.82. The molecule has 96 valence electrons. The van der Waals surface area contributed by atoms with Crippen LogP contribution < -0.4 is 4.72 Å². The van der Waals surface area contributed by atoms with Gasteiger partial charge in [-0.05, 0) is 12.1 Å². The first-order valence-corrected chi connectivity index (χ1v) is 7.23. The van der Waals surface area contributed by atoms with Gasteiger partial charge in [-0.3, -0.25) is 0 Å². The van der Waals surface area contributed by atoms with Gasteiger partial charge in [-0.25, -0.2) is 18.1 Å². The Morgan fingerprint density at radius 1 is 1.44 bits per heavy atom. The molecule has 6 nitrogen and oxygen atoms in total. The number of aromatic nitrogens is 2. The zero-order chi connectivity index (χ0) is 13.2. The molecule has 0 fully saturated rings. The number of hydrogen-bond donors (Lipinski definition) is 3. The van der Waals surface area contributed by atoms with Crippen LogP contribution in [-0.4, -0.2) is 23.5 Å². The molecule has 2 rings (SSSR count). The van der Waals surface area contributed by atoms with E-state index in [1.807, 2.05) is 0 Å². The lowest BCUT2D eigenvalue weighted by Gasteiger charge is -2.06. The smallest absolute Gasteiger partial charge is 0.274 e. The first-order chi connectivity index (χ1) is 8.49. The lowest BCUT2D eigenvalue weighted by Crippen LogP contribution is -2.24. The summed E-state index contributed by atoms with van der Waals surface area (Å²) in [6, 6.07) is 4.84. The third kappa shape index (κ3) is 2.89. The molecule has 0 aliphatic rings. The second-order valence-electron chi connectivity index (χ2n) is 3.49. The second kappa shape index (κ2) is 5.09. The molecule has 1 aromatic heterocycles. The van der Waals surface area contributed by atoms with E-state index >= 15 is 0 Å². The van der Waals surface area contributed by atoms with Crippen molar-refractivity contribution in [1.82, 2.24) is 14.7 Å². The number of imidazole rings is 1. The molecule has 8 heteroatoms. The van der Waals surface area contributed by atoms with Crippen molar-refractivity contribution in [3.8, 4) is 5.75 Å². The van der Waals surface area contributed by atoms with E-state index in [0.29, 0.717) is 5.56 Å². The highest BCUT2D eigenvalue weighted by molar-refractivity contribution is 9.10. The van der Waals surface area contributed by atoms with E-state index in [-0.39, 0.29) is 17.5 Å². The number of hydrogen-bond acceptors (Lipinski definition) is 4. The highest BCUT2D eigenvalue weighted by atomic mass is 79.9. The van der Waals surface area contributed by atoms with Gasteiger partial charge in [-0.2, -0.15) is 0 Å². The maximum absolute atomic E-state index is 11.7. The Morgan fingerprint density at radius 3 is 2.83 bits per heavy atom. The highest BCUT2D eigenvalue weighted by Crippen LogP contribution is 2.22. The summed E-state index contributed by atoms with van der Waals surface area (Å²) in [5.41, 5.74) is 0.480. The summed E-state index contributed by atoms with van der Waals surface area (Å²) < 4.78 is 26.6. The molecule has 0 aliphatic heterocycles. The van der Waals surface area contributed by atoms with Crippen molar-refractivity contribution >= 4 is 26.0 Å². The van der Waals surface area contributed by atoms with Gasteiger partial charge in [0, 0.05) is 29.0 Å². The van der Waals surface area contributed by atoms with Gasteiger partial charge in [0.25, 0.3) is 10.0 Å². The molecule has 3 N–H and O–H groups in total. The van der Waals surface area contributed by atoms with Crippen molar-refractivity contribution < 1.29 is 13.5 Å². The Bertz CT molecular complexity index is 640. The van der Waals surface area contributed by atoms with Crippen molar-refractivity contribution in [2.75, 3.05) is 0 Å². The number of nitrogens with zero attached hydrogens (tertiary/aromatic N) is 1. The van der Waals surface area contributed by atoms with Gasteiger partial charge in [-0.1, -0.05) is 22.0 Å². The predicted molar refractivity (Wildman–Crippen MR) is 68.4 cm³/mol. The molecule has 0 radical (unpaired) electrons. The molecule has 0 aliphatic carbocycles. The number of nitrogens with one attached hydrogen (secondary N) is 2. The minimum atomic E-state index is -3.68. The van der Waals surface area contributed by atoms with Crippen molar-refractivity contribution in [2.24, 2.45) is 0 Å². The second-order valence-corrected chi connectivity index (χ2v) is 6.09. The lowest BCUT2D eigenvalue weighted by molar-refractivity contribution is 0.466. The molecule has 0 saturated heterocycles. The maximum Gasteiger partial charge on any atom is 0.274 e. The van der Waals surface area contributed by atoms with Crippen LogP contribution in [-0.2, 0) is 16.6 Å². The zero-order valence-corrected chi connectivity index (χ0v) is 11.5. The molecule has 0 spiro atoms. The van der Waals surface area contributed by atoms with E-state index in [2.05, 4.69) is 30.6 Å². The number of halogens is 1. The van der Waals surface area contributed by atoms with Gasteiger partial charge in [0.1, 0.15) is 5.75 Å². The Kier molecular flexibility index (Phi) is 3.69. The van der Waals surface area contributed by atoms with Crippen molar-refractivity contribution in [3.63, 3.8) is 0 Å². The number of H-pyrrole nitrogens is 1. The van der Waals surface area contributed by atoms with Crippen LogP contribution in [0.4, 0.5) is 0 Å². The quantitative estimate of drug-likeness (QED) is 0.788. The van der Waals surface area contributed by atoms with Crippen LogP contribution in [0.15, 0.2) is 40.2 Å². The van der Waals surface area contributed by atoms with Gasteiger partial charge in [0.2, 0.25) is 5.16 Å². The van der Waals surface area contributed by atoms with E-state index in [9.17, 15) is 13.5 Å². The van der Waals surface area contributed by atoms with Crippen LogP contribution in [0.5, 0.6) is 5.75 Å². The molecular formula is C10H10BrN3O3S. The summed E-state index contributed by atoms with van der Waals surface area (Å²) in [7, 11) is -3.68. The monoisotopic (exact) mass is 331 g/mol. The first-order valence-electron chi connectivity index (χ1n) is 4.95. The van der Waals surface area contributed by atoms with E-state index in [1.54, 1.807) is 12.1 Å². The average molecular weight is 332 g/mol. The van der Waals surface area contributed by atoms with Crippen molar-refractivity contribution in [1.29, 1.82) is 0 Å². The molecule has 0 unspecified atom stereocenters. The van der Waals surface area contributed by atoms with Gasteiger partial charge in [-0.15, -0.1) is 0 Å². The number of benzene rings is 1.